The Balaban J connectivity index is 0. The van der Waals surface area contributed by atoms with Crippen molar-refractivity contribution >= 4 is 5.97 Å². The summed E-state index contributed by atoms with van der Waals surface area (Å²) < 4.78 is 0. The van der Waals surface area contributed by atoms with Crippen LogP contribution in [0.2, 0.25) is 0 Å². The van der Waals surface area contributed by atoms with Crippen LogP contribution in [0, 0.1) is 0 Å². The Morgan fingerprint density at radius 2 is 2.08 bits per heavy atom. The van der Waals surface area contributed by atoms with Crippen LogP contribution in [-0.4, -0.2) is 21.4 Å². The molecule has 0 aromatic carbocycles. The smallest absolute Gasteiger partial charge is 0.104 e. The van der Waals surface area contributed by atoms with Crippen LogP contribution in [0.3, 0.4) is 0 Å². The maximum Gasteiger partial charge on any atom is 0.104 e. The molecule has 0 spiro atoms. The first-order chi connectivity index (χ1) is 5.30. The zero-order chi connectivity index (χ0) is 8.69. The summed E-state index contributed by atoms with van der Waals surface area (Å²) in [4.78, 5) is 17.0. The van der Waals surface area contributed by atoms with Crippen molar-refractivity contribution in [3.05, 3.63) is 24.3 Å². The zero-order valence-electron chi connectivity index (χ0n) is 6.23. The lowest BCUT2D eigenvalue weighted by Crippen LogP contribution is -2.59. The highest BCUT2D eigenvalue weighted by Gasteiger charge is 1.89. The minimum absolute atomic E-state index is 0. The lowest BCUT2D eigenvalue weighted by molar-refractivity contribution is -0.379. The first kappa shape index (κ1) is 13.1. The number of nitrogens with two attached hydrogens (primary N) is 1. The summed E-state index contributed by atoms with van der Waals surface area (Å²) in [5.74, 6) is 5.70. The maximum atomic E-state index is 9.99. The van der Waals surface area contributed by atoms with Gasteiger partial charge in [0.1, 0.15) is 5.69 Å². The van der Waals surface area contributed by atoms with Crippen molar-refractivity contribution in [2.24, 2.45) is 5.84 Å². The van der Waals surface area contributed by atoms with Crippen molar-refractivity contribution < 1.29 is 21.2 Å². The van der Waals surface area contributed by atoms with Crippen molar-refractivity contribution in [1.82, 2.24) is 9.97 Å². The number of carboxylic acid groups (broad SMARTS) is 1. The number of aromatic carboxylic acids is 1. The minimum Gasteiger partial charge on any atom is -0.543 e. The van der Waals surface area contributed by atoms with Gasteiger partial charge in [-0.2, -0.15) is 5.84 Å². The molecule has 0 saturated heterocycles. The van der Waals surface area contributed by atoms with Gasteiger partial charge in [-0.25, -0.2) is 0 Å². The summed E-state index contributed by atoms with van der Waals surface area (Å²) in [6, 6.07) is 0. The van der Waals surface area contributed by atoms with Crippen LogP contribution >= 0.6 is 0 Å². The van der Waals surface area contributed by atoms with Crippen LogP contribution in [0.5, 0.6) is 0 Å². The number of nitrogens with zero attached hydrogens (tertiary/aromatic N) is 2. The second kappa shape index (κ2) is 7.54. The highest BCUT2D eigenvalue weighted by molar-refractivity contribution is 5.82. The lowest BCUT2D eigenvalue weighted by atomic mass is 10.5. The van der Waals surface area contributed by atoms with E-state index in [-0.39, 0.29) is 11.2 Å². The highest BCUT2D eigenvalue weighted by atomic mass is 16.4. The van der Waals surface area contributed by atoms with Gasteiger partial charge in [-0.05, 0) is 0 Å². The van der Waals surface area contributed by atoms with Gasteiger partial charge >= 0.3 is 0 Å². The number of carbonyl (C=O) groups excluding carboxylic acids is 1. The molecule has 1 aromatic rings. The molecule has 0 saturated carbocycles. The summed E-state index contributed by atoms with van der Waals surface area (Å²) in [5.41, 5.74) is -0.141. The Kier molecular flexibility index (Phi) is 8.20. The van der Waals surface area contributed by atoms with E-state index < -0.39 is 5.97 Å². The first-order valence-electron chi connectivity index (χ1n) is 2.69. The third kappa shape index (κ3) is 4.28. The SMILES string of the molecule is N[NH3+].O.O=C([O-])c1cnccn1. The Hall–Kier alpha value is -1.57. The van der Waals surface area contributed by atoms with E-state index >= 15 is 0 Å². The van der Waals surface area contributed by atoms with Crippen molar-refractivity contribution in [3.8, 4) is 0 Å². The van der Waals surface area contributed by atoms with Gasteiger partial charge in [0.15, 0.2) is 0 Å². The fraction of sp³-hybridized carbons (Fsp3) is 0. The summed E-state index contributed by atoms with van der Waals surface area (Å²) in [7, 11) is 0. The van der Waals surface area contributed by atoms with E-state index in [1.807, 2.05) is 0 Å². The molecule has 0 atom stereocenters. The highest BCUT2D eigenvalue weighted by Crippen LogP contribution is 1.84. The fourth-order valence-corrected chi connectivity index (χ4v) is 0.405. The number of carboxylic acids is 1. The molecule has 1 aromatic heterocycles. The summed E-state index contributed by atoms with van der Waals surface area (Å²) >= 11 is 0. The molecule has 0 aliphatic carbocycles. The van der Waals surface area contributed by atoms with Gasteiger partial charge in [0.25, 0.3) is 0 Å². The van der Waals surface area contributed by atoms with Crippen molar-refractivity contribution in [2.45, 2.75) is 0 Å². The third-order valence-corrected chi connectivity index (χ3v) is 0.772. The topological polar surface area (TPSA) is 151 Å². The van der Waals surface area contributed by atoms with E-state index in [0.717, 1.165) is 6.20 Å². The molecule has 1 rings (SSSR count). The number of rotatable bonds is 1. The van der Waals surface area contributed by atoms with Crippen LogP contribution in [0.1, 0.15) is 10.5 Å². The van der Waals surface area contributed by atoms with Crippen molar-refractivity contribution in [1.29, 1.82) is 0 Å². The van der Waals surface area contributed by atoms with E-state index in [4.69, 9.17) is 0 Å². The van der Waals surface area contributed by atoms with E-state index in [1.54, 1.807) is 0 Å². The molecule has 7 N–H and O–H groups in total. The average molecular weight is 174 g/mol. The van der Waals surface area contributed by atoms with E-state index in [1.165, 1.54) is 12.4 Å². The van der Waals surface area contributed by atoms with Gasteiger partial charge in [-0.15, -0.1) is 0 Å². The van der Waals surface area contributed by atoms with Crippen LogP contribution in [-0.2, 0) is 0 Å². The molecule has 1 heterocycles. The molecular weight excluding hydrogens is 164 g/mol. The third-order valence-electron chi connectivity index (χ3n) is 0.772. The molecule has 0 aliphatic rings. The van der Waals surface area contributed by atoms with Gasteiger partial charge in [0, 0.05) is 12.4 Å². The molecule has 0 radical (unpaired) electrons. The molecule has 0 aliphatic heterocycles. The number of carbonyl (C=O) groups is 1. The summed E-state index contributed by atoms with van der Waals surface area (Å²) in [6.45, 7) is 0. The molecular formula is C5H10N4O3. The molecule has 12 heavy (non-hydrogen) atoms. The predicted octanol–water partition coefficient (Wildman–Crippen LogP) is -3.88. The van der Waals surface area contributed by atoms with Crippen molar-refractivity contribution in [2.75, 3.05) is 0 Å². The molecule has 0 amide bonds. The second-order valence-corrected chi connectivity index (χ2v) is 1.38. The Morgan fingerprint density at radius 3 is 2.33 bits per heavy atom. The van der Waals surface area contributed by atoms with Crippen LogP contribution in [0.15, 0.2) is 18.6 Å². The average Bonchev–Trinajstić information content (AvgIpc) is 2.10. The van der Waals surface area contributed by atoms with Crippen LogP contribution in [0.4, 0.5) is 0 Å². The second-order valence-electron chi connectivity index (χ2n) is 1.38. The summed E-state index contributed by atoms with van der Waals surface area (Å²) in [6.07, 6.45) is 3.83. The Bertz CT molecular complexity index is 215. The van der Waals surface area contributed by atoms with E-state index in [0.29, 0.717) is 0 Å². The predicted molar refractivity (Wildman–Crippen MR) is 37.1 cm³/mol. The standard InChI is InChI=1S/C5H4N2O2.H4N2.H2O/c8-5(9)4-3-6-1-2-7-4;1-2;/h1-3H,(H,8,9);1-2H2;1H2. The quantitative estimate of drug-likeness (QED) is 0.329. The number of hydrogen-bond acceptors (Lipinski definition) is 5. The molecule has 7 heteroatoms. The zero-order valence-corrected chi connectivity index (χ0v) is 6.23. The minimum atomic E-state index is -1.30. The Labute approximate surface area is 68.3 Å². The largest absolute Gasteiger partial charge is 0.543 e. The molecule has 0 bridgehead atoms. The molecule has 68 valence electrons. The fourth-order valence-electron chi connectivity index (χ4n) is 0.405. The molecule has 0 fully saturated rings. The van der Waals surface area contributed by atoms with Crippen LogP contribution < -0.4 is 16.8 Å². The van der Waals surface area contributed by atoms with Gasteiger partial charge in [-0.1, -0.05) is 0 Å². The van der Waals surface area contributed by atoms with E-state index in [2.05, 4.69) is 21.7 Å². The molecule has 7 nitrogen and oxygen atoms in total. The van der Waals surface area contributed by atoms with Crippen molar-refractivity contribution in [3.63, 3.8) is 0 Å². The van der Waals surface area contributed by atoms with Gasteiger partial charge in [0.2, 0.25) is 0 Å². The van der Waals surface area contributed by atoms with Gasteiger partial charge in [0.05, 0.1) is 12.2 Å². The summed E-state index contributed by atoms with van der Waals surface area (Å²) in [5, 5.41) is 9.99. The normalized spacial score (nSPS) is 7.17. The number of hydrogen-bond donors (Lipinski definition) is 2. The lowest BCUT2D eigenvalue weighted by Gasteiger charge is -1.95. The monoisotopic (exact) mass is 174 g/mol. The van der Waals surface area contributed by atoms with E-state index in [9.17, 15) is 9.90 Å². The number of aromatic nitrogens is 2. The first-order valence-corrected chi connectivity index (χ1v) is 2.69. The molecule has 0 unspecified atom stereocenters. The number of quaternary nitrogens is 1. The van der Waals surface area contributed by atoms with Gasteiger partial charge < -0.3 is 15.4 Å². The van der Waals surface area contributed by atoms with Gasteiger partial charge in [-0.3, -0.25) is 15.8 Å². The Morgan fingerprint density at radius 1 is 1.50 bits per heavy atom. The van der Waals surface area contributed by atoms with Crippen LogP contribution in [0.25, 0.3) is 0 Å². The maximum absolute atomic E-state index is 9.99.